The molecule has 0 fully saturated rings. The highest BCUT2D eigenvalue weighted by molar-refractivity contribution is 4.34. The lowest BCUT2D eigenvalue weighted by molar-refractivity contribution is -0.249. The maximum atomic E-state index is 7.95. The summed E-state index contributed by atoms with van der Waals surface area (Å²) in [4.78, 5) is 3.82. The van der Waals surface area contributed by atoms with E-state index in [4.69, 9.17) is 25.2 Å². The lowest BCUT2D eigenvalue weighted by Gasteiger charge is -2.05. The molecule has 0 aromatic heterocycles. The maximum Gasteiger partial charge on any atom is 0.105 e. The van der Waals surface area contributed by atoms with Crippen molar-refractivity contribution in [1.29, 1.82) is 0 Å². The van der Waals surface area contributed by atoms with Crippen LogP contribution in [0.15, 0.2) is 0 Å². The molecule has 0 bridgehead atoms. The summed E-state index contributed by atoms with van der Waals surface area (Å²) >= 11 is 0. The molecule has 0 heterocycles. The Morgan fingerprint density at radius 1 is 0.714 bits per heavy atom. The van der Waals surface area contributed by atoms with Gasteiger partial charge < -0.3 is 19.9 Å². The van der Waals surface area contributed by atoms with Crippen molar-refractivity contribution in [3.63, 3.8) is 0 Å². The summed E-state index contributed by atoms with van der Waals surface area (Å²) in [5, 5.41) is 7.95. The Morgan fingerprint density at radius 3 is 1.57 bits per heavy atom. The van der Waals surface area contributed by atoms with Crippen molar-refractivity contribution >= 4 is 0 Å². The molecule has 0 rings (SSSR count). The quantitative estimate of drug-likeness (QED) is 0.271. The highest BCUT2D eigenvalue weighted by Crippen LogP contribution is 1.80. The fourth-order valence-corrected chi connectivity index (χ4v) is 0.721. The lowest BCUT2D eigenvalue weighted by Crippen LogP contribution is -2.14. The summed E-state index contributed by atoms with van der Waals surface area (Å²) in [6.07, 6.45) is 0. The maximum absolute atomic E-state index is 7.95. The Bertz CT molecular complexity index is 91.7. The van der Waals surface area contributed by atoms with Gasteiger partial charge in [-0.2, -0.15) is 0 Å². The summed E-state index contributed by atoms with van der Waals surface area (Å²) in [7, 11) is 0. The van der Waals surface area contributed by atoms with Crippen LogP contribution in [0.2, 0.25) is 0 Å². The van der Waals surface area contributed by atoms with Crippen LogP contribution in [0.25, 0.3) is 0 Å². The Labute approximate surface area is 83.8 Å². The zero-order chi connectivity index (χ0) is 10.5. The van der Waals surface area contributed by atoms with Crippen LogP contribution in [0.3, 0.4) is 0 Å². The predicted octanol–water partition coefficient (Wildman–Crippen LogP) is -0.515. The van der Waals surface area contributed by atoms with Gasteiger partial charge in [-0.1, -0.05) is 0 Å². The first-order valence-electron chi connectivity index (χ1n) is 4.61. The zero-order valence-electron chi connectivity index (χ0n) is 8.31. The van der Waals surface area contributed by atoms with Crippen LogP contribution in [0.5, 0.6) is 0 Å². The van der Waals surface area contributed by atoms with E-state index in [-0.39, 0.29) is 6.61 Å². The average Bonchev–Trinajstić information content (AvgIpc) is 2.21. The van der Waals surface area contributed by atoms with E-state index in [1.807, 2.05) is 0 Å². The van der Waals surface area contributed by atoms with Gasteiger partial charge in [-0.15, -0.1) is 0 Å². The summed E-state index contributed by atoms with van der Waals surface area (Å²) in [5.41, 5.74) is 5.22. The summed E-state index contributed by atoms with van der Waals surface area (Å²) in [6.45, 7) is 3.73. The zero-order valence-corrected chi connectivity index (χ0v) is 8.31. The molecule has 0 atom stereocenters. The summed E-state index contributed by atoms with van der Waals surface area (Å²) in [6, 6.07) is 0. The van der Waals surface area contributed by atoms with E-state index in [1.165, 1.54) is 0 Å². The standard InChI is InChI=1S/C8H19NO5/c9-1-2-11-3-4-12-5-6-13-7-8-14-10/h10H,1-9H2. The summed E-state index contributed by atoms with van der Waals surface area (Å²) in [5.74, 6) is 0. The Kier molecular flexibility index (Phi) is 12.5. The van der Waals surface area contributed by atoms with Crippen molar-refractivity contribution in [2.75, 3.05) is 52.8 Å². The van der Waals surface area contributed by atoms with Gasteiger partial charge in [0.25, 0.3) is 0 Å². The van der Waals surface area contributed by atoms with Gasteiger partial charge >= 0.3 is 0 Å². The second kappa shape index (κ2) is 12.8. The van der Waals surface area contributed by atoms with Crippen LogP contribution in [-0.2, 0) is 19.1 Å². The van der Waals surface area contributed by atoms with Gasteiger partial charge in [0, 0.05) is 6.54 Å². The minimum Gasteiger partial charge on any atom is -0.378 e. The van der Waals surface area contributed by atoms with Crippen molar-refractivity contribution in [3.05, 3.63) is 0 Å². The molecule has 3 N–H and O–H groups in total. The van der Waals surface area contributed by atoms with E-state index in [0.717, 1.165) is 0 Å². The molecule has 6 heteroatoms. The first-order valence-corrected chi connectivity index (χ1v) is 4.61. The van der Waals surface area contributed by atoms with Crippen LogP contribution in [-0.4, -0.2) is 58.1 Å². The number of hydrogen-bond acceptors (Lipinski definition) is 6. The SMILES string of the molecule is NCCOCCOCCOCCOO. The van der Waals surface area contributed by atoms with E-state index < -0.39 is 0 Å². The molecular formula is C8H19NO5. The highest BCUT2D eigenvalue weighted by atomic mass is 17.1. The first-order chi connectivity index (χ1) is 6.91. The van der Waals surface area contributed by atoms with Crippen LogP contribution in [0.1, 0.15) is 0 Å². The molecular weight excluding hydrogens is 190 g/mol. The van der Waals surface area contributed by atoms with Crippen molar-refractivity contribution in [2.45, 2.75) is 0 Å². The van der Waals surface area contributed by atoms with Crippen LogP contribution < -0.4 is 5.73 Å². The topological polar surface area (TPSA) is 83.2 Å². The Hall–Kier alpha value is -0.240. The van der Waals surface area contributed by atoms with Gasteiger partial charge in [-0.05, 0) is 0 Å². The Balaban J connectivity index is 2.78. The van der Waals surface area contributed by atoms with E-state index in [1.54, 1.807) is 0 Å². The molecule has 86 valence electrons. The van der Waals surface area contributed by atoms with Crippen molar-refractivity contribution in [3.8, 4) is 0 Å². The second-order valence-electron chi connectivity index (χ2n) is 2.46. The smallest absolute Gasteiger partial charge is 0.105 e. The van der Waals surface area contributed by atoms with E-state index in [0.29, 0.717) is 46.2 Å². The highest BCUT2D eigenvalue weighted by Gasteiger charge is 1.90. The molecule has 0 aliphatic heterocycles. The fraction of sp³-hybridized carbons (Fsp3) is 1.00. The molecule has 0 amide bonds. The van der Waals surface area contributed by atoms with Gasteiger partial charge in [0.2, 0.25) is 0 Å². The summed E-state index contributed by atoms with van der Waals surface area (Å²) < 4.78 is 15.3. The van der Waals surface area contributed by atoms with E-state index >= 15 is 0 Å². The van der Waals surface area contributed by atoms with Crippen LogP contribution >= 0.6 is 0 Å². The molecule has 6 nitrogen and oxygen atoms in total. The van der Waals surface area contributed by atoms with Crippen molar-refractivity contribution < 1.29 is 24.4 Å². The molecule has 0 aliphatic rings. The van der Waals surface area contributed by atoms with Gasteiger partial charge in [0.15, 0.2) is 0 Å². The monoisotopic (exact) mass is 209 g/mol. The molecule has 0 saturated heterocycles. The Morgan fingerprint density at radius 2 is 1.14 bits per heavy atom. The molecule has 0 aromatic carbocycles. The van der Waals surface area contributed by atoms with Gasteiger partial charge in [0.1, 0.15) is 6.61 Å². The third-order valence-electron chi connectivity index (χ3n) is 1.33. The average molecular weight is 209 g/mol. The molecule has 0 radical (unpaired) electrons. The van der Waals surface area contributed by atoms with Crippen LogP contribution in [0, 0.1) is 0 Å². The van der Waals surface area contributed by atoms with Crippen LogP contribution in [0.4, 0.5) is 0 Å². The number of nitrogens with two attached hydrogens (primary N) is 1. The molecule has 0 unspecified atom stereocenters. The molecule has 14 heavy (non-hydrogen) atoms. The van der Waals surface area contributed by atoms with Gasteiger partial charge in [-0.25, -0.2) is 4.89 Å². The largest absolute Gasteiger partial charge is 0.378 e. The third kappa shape index (κ3) is 11.8. The second-order valence-corrected chi connectivity index (χ2v) is 2.46. The molecule has 0 saturated carbocycles. The lowest BCUT2D eigenvalue weighted by atomic mass is 10.7. The first kappa shape index (κ1) is 13.8. The normalized spacial score (nSPS) is 10.7. The van der Waals surface area contributed by atoms with E-state index in [9.17, 15) is 0 Å². The fourth-order valence-electron chi connectivity index (χ4n) is 0.721. The van der Waals surface area contributed by atoms with Gasteiger partial charge in [0.05, 0.1) is 39.6 Å². The number of rotatable bonds is 11. The molecule has 0 spiro atoms. The predicted molar refractivity (Wildman–Crippen MR) is 50.1 cm³/mol. The van der Waals surface area contributed by atoms with Crippen molar-refractivity contribution in [2.24, 2.45) is 5.73 Å². The molecule has 0 aliphatic carbocycles. The van der Waals surface area contributed by atoms with Gasteiger partial charge in [-0.3, -0.25) is 5.26 Å². The van der Waals surface area contributed by atoms with Crippen molar-refractivity contribution in [1.82, 2.24) is 0 Å². The number of hydrogen-bond donors (Lipinski definition) is 2. The molecule has 0 aromatic rings. The third-order valence-corrected chi connectivity index (χ3v) is 1.33. The van der Waals surface area contributed by atoms with E-state index in [2.05, 4.69) is 4.89 Å². The minimum atomic E-state index is 0.180. The minimum absolute atomic E-state index is 0.180. The number of ether oxygens (including phenoxy) is 3.